The molecule has 0 spiro atoms. The molecule has 2 atom stereocenters. The van der Waals surface area contributed by atoms with E-state index in [2.05, 4.69) is 6.92 Å². The maximum Gasteiger partial charge on any atom is 0.261 e. The molecular formula is C18H17NO3. The summed E-state index contributed by atoms with van der Waals surface area (Å²) in [4.78, 5) is 26.7. The van der Waals surface area contributed by atoms with Gasteiger partial charge < -0.3 is 4.74 Å². The van der Waals surface area contributed by atoms with Crippen LogP contribution in [0.3, 0.4) is 0 Å². The van der Waals surface area contributed by atoms with Crippen LogP contribution in [0.2, 0.25) is 0 Å². The zero-order valence-corrected chi connectivity index (χ0v) is 12.4. The van der Waals surface area contributed by atoms with E-state index < -0.39 is 0 Å². The lowest BCUT2D eigenvalue weighted by molar-refractivity contribution is 0.0606. The Labute approximate surface area is 128 Å². The van der Waals surface area contributed by atoms with Crippen molar-refractivity contribution in [1.82, 2.24) is 4.90 Å². The van der Waals surface area contributed by atoms with Gasteiger partial charge in [-0.05, 0) is 30.4 Å². The number of epoxide rings is 1. The van der Waals surface area contributed by atoms with Crippen molar-refractivity contribution in [2.75, 3.05) is 6.54 Å². The first-order valence-electron chi connectivity index (χ1n) is 7.74. The Kier molecular flexibility index (Phi) is 3.01. The molecule has 22 heavy (non-hydrogen) atoms. The summed E-state index contributed by atoms with van der Waals surface area (Å²) in [5.74, 6) is -0.383. The smallest absolute Gasteiger partial charge is 0.261 e. The molecule has 1 saturated heterocycles. The Bertz CT molecular complexity index is 732. The minimum atomic E-state index is -0.192. The number of hydrogen-bond donors (Lipinski definition) is 0. The SMILES string of the molecule is CCC1OC1CCN1C(=O)c2cccc3cccc(c23)C1=O. The predicted octanol–water partition coefficient (Wildman–Crippen LogP) is 3.00. The molecule has 2 heterocycles. The van der Waals surface area contributed by atoms with Gasteiger partial charge in [-0.15, -0.1) is 0 Å². The summed E-state index contributed by atoms with van der Waals surface area (Å²) in [6.45, 7) is 2.50. The highest BCUT2D eigenvalue weighted by atomic mass is 16.6. The molecule has 0 bridgehead atoms. The molecule has 112 valence electrons. The topological polar surface area (TPSA) is 49.9 Å². The van der Waals surface area contributed by atoms with Crippen LogP contribution >= 0.6 is 0 Å². The average molecular weight is 295 g/mol. The summed E-state index contributed by atoms with van der Waals surface area (Å²) < 4.78 is 5.51. The second-order valence-electron chi connectivity index (χ2n) is 5.88. The summed E-state index contributed by atoms with van der Waals surface area (Å²) in [6.07, 6.45) is 2.19. The highest BCUT2D eigenvalue weighted by Crippen LogP contribution is 2.32. The number of amides is 2. The number of carbonyl (C=O) groups is 2. The number of ether oxygens (including phenoxy) is 1. The number of carbonyl (C=O) groups excluding carboxylic acids is 2. The van der Waals surface area contributed by atoms with Gasteiger partial charge in [0.2, 0.25) is 0 Å². The van der Waals surface area contributed by atoms with Gasteiger partial charge in [-0.3, -0.25) is 14.5 Å². The molecule has 4 rings (SSSR count). The Morgan fingerprint density at radius 1 is 1.00 bits per heavy atom. The van der Waals surface area contributed by atoms with Gasteiger partial charge in [0, 0.05) is 23.1 Å². The highest BCUT2D eigenvalue weighted by molar-refractivity contribution is 6.25. The van der Waals surface area contributed by atoms with Crippen LogP contribution in [-0.4, -0.2) is 35.5 Å². The lowest BCUT2D eigenvalue weighted by atomic mass is 9.94. The number of rotatable bonds is 4. The molecule has 0 N–H and O–H groups in total. The van der Waals surface area contributed by atoms with Gasteiger partial charge in [-0.1, -0.05) is 31.2 Å². The van der Waals surface area contributed by atoms with Crippen molar-refractivity contribution in [1.29, 1.82) is 0 Å². The normalized spacial score (nSPS) is 23.2. The summed E-state index contributed by atoms with van der Waals surface area (Å²) in [5.41, 5.74) is 1.24. The van der Waals surface area contributed by atoms with E-state index in [1.165, 1.54) is 4.90 Å². The zero-order valence-electron chi connectivity index (χ0n) is 12.4. The molecule has 2 aromatic rings. The second kappa shape index (κ2) is 4.92. The lowest BCUT2D eigenvalue weighted by Crippen LogP contribution is -2.41. The maximum atomic E-state index is 12.7. The first-order chi connectivity index (χ1) is 10.7. The standard InChI is InChI=1S/C18H17NO3/c1-2-14-15(22-14)9-10-19-17(20)12-7-3-5-11-6-4-8-13(16(11)12)18(19)21/h3-8,14-15H,2,9-10H2,1H3. The third-order valence-corrected chi connectivity index (χ3v) is 4.58. The highest BCUT2D eigenvalue weighted by Gasteiger charge is 2.39. The average Bonchev–Trinajstić information content (AvgIpc) is 3.31. The van der Waals surface area contributed by atoms with E-state index in [-0.39, 0.29) is 17.9 Å². The molecule has 2 amide bonds. The first kappa shape index (κ1) is 13.5. The summed E-state index contributed by atoms with van der Waals surface area (Å²) in [6, 6.07) is 11.2. The summed E-state index contributed by atoms with van der Waals surface area (Å²) >= 11 is 0. The van der Waals surface area contributed by atoms with Crippen LogP contribution in [0.1, 0.15) is 40.5 Å². The monoisotopic (exact) mass is 295 g/mol. The van der Waals surface area contributed by atoms with Gasteiger partial charge in [0.1, 0.15) is 0 Å². The third-order valence-electron chi connectivity index (χ3n) is 4.58. The fraction of sp³-hybridized carbons (Fsp3) is 0.333. The molecule has 4 nitrogen and oxygen atoms in total. The fourth-order valence-corrected chi connectivity index (χ4v) is 3.33. The number of imide groups is 1. The fourth-order valence-electron chi connectivity index (χ4n) is 3.33. The van der Waals surface area contributed by atoms with E-state index in [1.54, 1.807) is 12.1 Å². The Morgan fingerprint density at radius 2 is 1.64 bits per heavy atom. The number of nitrogens with zero attached hydrogens (tertiary/aromatic N) is 1. The minimum Gasteiger partial charge on any atom is -0.370 e. The first-order valence-corrected chi connectivity index (χ1v) is 7.74. The van der Waals surface area contributed by atoms with Crippen LogP contribution in [-0.2, 0) is 4.74 Å². The Balaban J connectivity index is 1.67. The van der Waals surface area contributed by atoms with Crippen LogP contribution in [0.25, 0.3) is 10.8 Å². The quantitative estimate of drug-likeness (QED) is 0.643. The van der Waals surface area contributed by atoms with Crippen LogP contribution in [0.15, 0.2) is 36.4 Å². The Hall–Kier alpha value is -2.20. The third kappa shape index (κ3) is 1.95. The van der Waals surface area contributed by atoms with E-state index in [4.69, 9.17) is 4.74 Å². The van der Waals surface area contributed by atoms with Gasteiger partial charge in [0.25, 0.3) is 11.8 Å². The predicted molar refractivity (Wildman–Crippen MR) is 82.9 cm³/mol. The minimum absolute atomic E-state index is 0.192. The summed E-state index contributed by atoms with van der Waals surface area (Å²) in [7, 11) is 0. The van der Waals surface area contributed by atoms with E-state index in [0.29, 0.717) is 30.2 Å². The molecule has 0 aliphatic carbocycles. The van der Waals surface area contributed by atoms with Gasteiger partial charge in [0.15, 0.2) is 0 Å². The molecule has 0 saturated carbocycles. The van der Waals surface area contributed by atoms with E-state index >= 15 is 0 Å². The van der Waals surface area contributed by atoms with Gasteiger partial charge in [0.05, 0.1) is 12.2 Å². The van der Waals surface area contributed by atoms with Crippen LogP contribution < -0.4 is 0 Å². The summed E-state index contributed by atoms with van der Waals surface area (Å²) in [5, 5.41) is 1.72. The van der Waals surface area contributed by atoms with Crippen molar-refractivity contribution in [3.8, 4) is 0 Å². The molecule has 4 heteroatoms. The van der Waals surface area contributed by atoms with Crippen molar-refractivity contribution >= 4 is 22.6 Å². The molecule has 2 unspecified atom stereocenters. The van der Waals surface area contributed by atoms with Crippen molar-refractivity contribution in [2.24, 2.45) is 0 Å². The van der Waals surface area contributed by atoms with E-state index in [9.17, 15) is 9.59 Å². The van der Waals surface area contributed by atoms with E-state index in [0.717, 1.165) is 17.2 Å². The lowest BCUT2D eigenvalue weighted by Gasteiger charge is -2.27. The van der Waals surface area contributed by atoms with Crippen molar-refractivity contribution in [3.05, 3.63) is 47.5 Å². The van der Waals surface area contributed by atoms with Crippen molar-refractivity contribution in [3.63, 3.8) is 0 Å². The van der Waals surface area contributed by atoms with Crippen molar-refractivity contribution < 1.29 is 14.3 Å². The molecule has 0 radical (unpaired) electrons. The molecule has 2 aliphatic heterocycles. The molecule has 0 aromatic heterocycles. The van der Waals surface area contributed by atoms with Gasteiger partial charge in [-0.2, -0.15) is 0 Å². The van der Waals surface area contributed by atoms with Gasteiger partial charge in [-0.25, -0.2) is 0 Å². The number of benzene rings is 2. The second-order valence-corrected chi connectivity index (χ2v) is 5.88. The van der Waals surface area contributed by atoms with Crippen LogP contribution in [0.5, 0.6) is 0 Å². The molecule has 2 aliphatic rings. The van der Waals surface area contributed by atoms with Crippen LogP contribution in [0.4, 0.5) is 0 Å². The number of hydrogen-bond acceptors (Lipinski definition) is 3. The maximum absolute atomic E-state index is 12.7. The van der Waals surface area contributed by atoms with Crippen LogP contribution in [0, 0.1) is 0 Å². The van der Waals surface area contributed by atoms with E-state index in [1.807, 2.05) is 24.3 Å². The Morgan fingerprint density at radius 3 is 2.18 bits per heavy atom. The molecule has 1 fully saturated rings. The largest absolute Gasteiger partial charge is 0.370 e. The van der Waals surface area contributed by atoms with Gasteiger partial charge >= 0.3 is 0 Å². The zero-order chi connectivity index (χ0) is 15.3. The molecular weight excluding hydrogens is 278 g/mol. The molecule has 2 aromatic carbocycles. The van der Waals surface area contributed by atoms with Crippen molar-refractivity contribution in [2.45, 2.75) is 32.0 Å².